The third-order valence-corrected chi connectivity index (χ3v) is 9.13. The van der Waals surface area contributed by atoms with E-state index < -0.39 is 28.5 Å². The van der Waals surface area contributed by atoms with E-state index in [-0.39, 0.29) is 30.6 Å². The fourth-order valence-corrected chi connectivity index (χ4v) is 6.26. The van der Waals surface area contributed by atoms with Crippen molar-refractivity contribution in [2.45, 2.75) is 57.7 Å². The molecule has 0 saturated heterocycles. The summed E-state index contributed by atoms with van der Waals surface area (Å²) >= 11 is 6.32. The maximum absolute atomic E-state index is 14.2. The number of rotatable bonds is 12. The number of hydrogen-bond donors (Lipinski definition) is 1. The molecular formula is C32H38ClN3O5S. The maximum Gasteiger partial charge on any atom is 0.244 e. The number of benzene rings is 3. The van der Waals surface area contributed by atoms with Gasteiger partial charge in [-0.15, -0.1) is 0 Å². The smallest absolute Gasteiger partial charge is 0.244 e. The molecule has 0 spiro atoms. The first-order valence-corrected chi connectivity index (χ1v) is 16.3. The highest BCUT2D eigenvalue weighted by Gasteiger charge is 2.34. The molecule has 1 saturated carbocycles. The highest BCUT2D eigenvalue weighted by atomic mass is 35.5. The van der Waals surface area contributed by atoms with Crippen LogP contribution in [0.1, 0.15) is 42.4 Å². The van der Waals surface area contributed by atoms with E-state index in [2.05, 4.69) is 5.32 Å². The predicted molar refractivity (Wildman–Crippen MR) is 166 cm³/mol. The van der Waals surface area contributed by atoms with Crippen LogP contribution in [0.4, 0.5) is 5.69 Å². The lowest BCUT2D eigenvalue weighted by Gasteiger charge is -2.34. The zero-order chi connectivity index (χ0) is 30.3. The van der Waals surface area contributed by atoms with Crippen LogP contribution in [0.15, 0.2) is 72.8 Å². The van der Waals surface area contributed by atoms with Crippen LogP contribution in [0.2, 0.25) is 5.02 Å². The van der Waals surface area contributed by atoms with E-state index in [1.807, 2.05) is 55.5 Å². The Morgan fingerprint density at radius 3 is 2.33 bits per heavy atom. The summed E-state index contributed by atoms with van der Waals surface area (Å²) in [6.45, 7) is 1.40. The Labute approximate surface area is 253 Å². The van der Waals surface area contributed by atoms with Crippen LogP contribution in [0.25, 0.3) is 0 Å². The first-order valence-electron chi connectivity index (χ1n) is 14.1. The third kappa shape index (κ3) is 8.26. The van der Waals surface area contributed by atoms with Crippen LogP contribution in [0, 0.1) is 6.92 Å². The second-order valence-corrected chi connectivity index (χ2v) is 13.1. The lowest BCUT2D eigenvalue weighted by atomic mass is 10.0. The molecule has 4 rings (SSSR count). The molecule has 1 fully saturated rings. The Morgan fingerprint density at radius 2 is 1.69 bits per heavy atom. The molecular weight excluding hydrogens is 574 g/mol. The van der Waals surface area contributed by atoms with Gasteiger partial charge in [0.05, 0.1) is 19.1 Å². The third-order valence-electron chi connectivity index (χ3n) is 7.58. The van der Waals surface area contributed by atoms with Crippen LogP contribution >= 0.6 is 11.6 Å². The second kappa shape index (κ2) is 14.1. The van der Waals surface area contributed by atoms with E-state index in [1.54, 1.807) is 25.3 Å². The van der Waals surface area contributed by atoms with Crippen molar-refractivity contribution in [1.82, 2.24) is 10.2 Å². The minimum Gasteiger partial charge on any atom is -0.497 e. The number of aryl methyl sites for hydroxylation is 1. The van der Waals surface area contributed by atoms with Gasteiger partial charge in [-0.25, -0.2) is 8.42 Å². The number of carbonyl (C=O) groups is 2. The van der Waals surface area contributed by atoms with Gasteiger partial charge in [0.2, 0.25) is 21.8 Å². The monoisotopic (exact) mass is 611 g/mol. The van der Waals surface area contributed by atoms with Crippen molar-refractivity contribution in [2.24, 2.45) is 0 Å². The fourth-order valence-electron chi connectivity index (χ4n) is 5.24. The van der Waals surface area contributed by atoms with Crippen molar-refractivity contribution in [2.75, 3.05) is 24.2 Å². The van der Waals surface area contributed by atoms with Crippen LogP contribution in [-0.2, 0) is 32.6 Å². The molecule has 224 valence electrons. The van der Waals surface area contributed by atoms with Gasteiger partial charge in [-0.2, -0.15) is 0 Å². The van der Waals surface area contributed by atoms with Gasteiger partial charge in [-0.05, 0) is 60.7 Å². The van der Waals surface area contributed by atoms with E-state index in [9.17, 15) is 18.0 Å². The highest BCUT2D eigenvalue weighted by Crippen LogP contribution is 2.26. The van der Waals surface area contributed by atoms with Gasteiger partial charge in [-0.3, -0.25) is 13.9 Å². The van der Waals surface area contributed by atoms with Crippen LogP contribution in [0.3, 0.4) is 0 Å². The Balaban J connectivity index is 1.74. The summed E-state index contributed by atoms with van der Waals surface area (Å²) in [4.78, 5) is 29.6. The normalized spacial score (nSPS) is 14.3. The highest BCUT2D eigenvalue weighted by molar-refractivity contribution is 7.92. The molecule has 1 N–H and O–H groups in total. The average Bonchev–Trinajstić information content (AvgIpc) is 3.48. The SMILES string of the molecule is COc1cccc(CN(C(=O)CN(c2ccc(C)c(Cl)c2)S(C)(=O)=O)C(Cc2ccccc2)C(=O)NC2CCCC2)c1. The Morgan fingerprint density at radius 1 is 1.00 bits per heavy atom. The van der Waals surface area contributed by atoms with E-state index in [1.165, 1.54) is 11.0 Å². The lowest BCUT2D eigenvalue weighted by Crippen LogP contribution is -2.54. The largest absolute Gasteiger partial charge is 0.497 e. The Bertz CT molecular complexity index is 1490. The summed E-state index contributed by atoms with van der Waals surface area (Å²) < 4.78 is 32.4. The molecule has 1 aliphatic rings. The van der Waals surface area contributed by atoms with Crippen molar-refractivity contribution in [1.29, 1.82) is 0 Å². The minimum atomic E-state index is -3.88. The van der Waals surface area contributed by atoms with Crippen molar-refractivity contribution in [3.63, 3.8) is 0 Å². The number of halogens is 1. The molecule has 0 aliphatic heterocycles. The molecule has 0 aromatic heterocycles. The summed E-state index contributed by atoms with van der Waals surface area (Å²) in [5.41, 5.74) is 2.70. The number of ether oxygens (including phenoxy) is 1. The van der Waals surface area contributed by atoms with Gasteiger partial charge >= 0.3 is 0 Å². The number of nitrogens with zero attached hydrogens (tertiary/aromatic N) is 2. The standard InChI is InChI=1S/C32H38ClN3O5S/c1-23-16-17-27(20-29(23)33)36(42(3,39)40)22-31(37)35(21-25-12-9-15-28(18-25)41-2)30(19-24-10-5-4-6-11-24)32(38)34-26-13-7-8-14-26/h4-6,9-12,15-18,20,26,30H,7-8,13-14,19,21-22H2,1-3H3,(H,34,38). The summed E-state index contributed by atoms with van der Waals surface area (Å²) in [5, 5.41) is 3.55. The summed E-state index contributed by atoms with van der Waals surface area (Å²) in [6.07, 6.45) is 5.19. The number of amides is 2. The van der Waals surface area contributed by atoms with Crippen molar-refractivity contribution in [3.8, 4) is 5.75 Å². The molecule has 0 radical (unpaired) electrons. The maximum atomic E-state index is 14.2. The van der Waals surface area contributed by atoms with Crippen molar-refractivity contribution >= 4 is 39.1 Å². The quantitative estimate of drug-likeness (QED) is 0.307. The minimum absolute atomic E-state index is 0.0479. The van der Waals surface area contributed by atoms with Crippen molar-refractivity contribution < 1.29 is 22.7 Å². The zero-order valence-corrected chi connectivity index (χ0v) is 25.8. The first-order chi connectivity index (χ1) is 20.0. The lowest BCUT2D eigenvalue weighted by molar-refractivity contribution is -0.140. The van der Waals surface area contributed by atoms with Gasteiger partial charge in [0.25, 0.3) is 0 Å². The molecule has 1 unspecified atom stereocenters. The molecule has 1 atom stereocenters. The summed E-state index contributed by atoms with van der Waals surface area (Å²) in [6, 6.07) is 20.8. The van der Waals surface area contributed by atoms with E-state index in [0.717, 1.165) is 52.9 Å². The number of anilines is 1. The van der Waals surface area contributed by atoms with Crippen LogP contribution in [-0.4, -0.2) is 57.1 Å². The van der Waals surface area contributed by atoms with Gasteiger partial charge in [-0.1, -0.05) is 73.0 Å². The molecule has 3 aromatic carbocycles. The Hall–Kier alpha value is -3.56. The van der Waals surface area contributed by atoms with Gasteiger partial charge < -0.3 is 15.0 Å². The summed E-state index contributed by atoms with van der Waals surface area (Å²) in [5.74, 6) is -0.157. The Kier molecular flexibility index (Phi) is 10.5. The van der Waals surface area contributed by atoms with E-state index >= 15 is 0 Å². The van der Waals surface area contributed by atoms with Crippen LogP contribution < -0.4 is 14.4 Å². The molecule has 3 aromatic rings. The number of sulfonamides is 1. The number of hydrogen-bond acceptors (Lipinski definition) is 5. The predicted octanol–water partition coefficient (Wildman–Crippen LogP) is 5.12. The molecule has 2 amide bonds. The van der Waals surface area contributed by atoms with Crippen molar-refractivity contribution in [3.05, 3.63) is 94.5 Å². The van der Waals surface area contributed by atoms with Gasteiger partial charge in [0.1, 0.15) is 18.3 Å². The van der Waals surface area contributed by atoms with Crippen LogP contribution in [0.5, 0.6) is 5.75 Å². The number of carbonyl (C=O) groups excluding carboxylic acids is 2. The zero-order valence-electron chi connectivity index (χ0n) is 24.3. The van der Waals surface area contributed by atoms with Gasteiger partial charge in [0, 0.05) is 24.0 Å². The second-order valence-electron chi connectivity index (χ2n) is 10.8. The molecule has 0 bridgehead atoms. The van der Waals surface area contributed by atoms with Gasteiger partial charge in [0.15, 0.2) is 0 Å². The first kappa shape index (κ1) is 31.4. The van der Waals surface area contributed by atoms with E-state index in [4.69, 9.17) is 16.3 Å². The van der Waals surface area contributed by atoms with E-state index in [0.29, 0.717) is 10.8 Å². The fraction of sp³-hybridized carbons (Fsp3) is 0.375. The molecule has 42 heavy (non-hydrogen) atoms. The number of methoxy groups -OCH3 is 1. The molecule has 1 aliphatic carbocycles. The number of nitrogens with one attached hydrogen (secondary N) is 1. The molecule has 0 heterocycles. The molecule has 10 heteroatoms. The average molecular weight is 612 g/mol. The summed E-state index contributed by atoms with van der Waals surface area (Å²) in [7, 11) is -2.32. The topological polar surface area (TPSA) is 96.0 Å². The molecule has 8 nitrogen and oxygen atoms in total.